The number of carbonyl (C=O) groups is 1. The van der Waals surface area contributed by atoms with E-state index in [1.165, 1.54) is 0 Å². The number of nitrogens with zero attached hydrogens (tertiary/aromatic N) is 2. The molecule has 1 rings (SSSR count). The Hall–Kier alpha value is -1.38. The summed E-state index contributed by atoms with van der Waals surface area (Å²) < 4.78 is 0. The molecule has 0 unspecified atom stereocenters. The Morgan fingerprint density at radius 2 is 1.78 bits per heavy atom. The second kappa shape index (κ2) is 6.53. The summed E-state index contributed by atoms with van der Waals surface area (Å²) in [7, 11) is 0. The predicted octanol–water partition coefficient (Wildman–Crippen LogP) is 3.40. The van der Waals surface area contributed by atoms with E-state index in [0.29, 0.717) is 11.8 Å². The number of Topliss-reactive ketones (excluding diaryl/α,β-unsaturated/α-hetero) is 1. The Kier molecular flexibility index (Phi) is 5.32. The SMILES string of the molecule is CC(=O)c1ccnc(N(CC(C)C)CC(C)C)c1. The van der Waals surface area contributed by atoms with E-state index >= 15 is 0 Å². The van der Waals surface area contributed by atoms with E-state index in [1.807, 2.05) is 6.07 Å². The molecule has 0 amide bonds. The van der Waals surface area contributed by atoms with Crippen molar-refractivity contribution in [3.8, 4) is 0 Å². The lowest BCUT2D eigenvalue weighted by atomic mass is 10.1. The molecule has 0 fully saturated rings. The van der Waals surface area contributed by atoms with E-state index in [-0.39, 0.29) is 5.78 Å². The number of carbonyl (C=O) groups excluding carboxylic acids is 1. The summed E-state index contributed by atoms with van der Waals surface area (Å²) in [6.07, 6.45) is 1.72. The maximum absolute atomic E-state index is 11.4. The zero-order chi connectivity index (χ0) is 13.7. The van der Waals surface area contributed by atoms with Gasteiger partial charge in [0.15, 0.2) is 5.78 Å². The summed E-state index contributed by atoms with van der Waals surface area (Å²) in [5, 5.41) is 0. The number of hydrogen-bond acceptors (Lipinski definition) is 3. The van der Waals surface area contributed by atoms with Crippen molar-refractivity contribution in [1.82, 2.24) is 4.98 Å². The topological polar surface area (TPSA) is 33.2 Å². The van der Waals surface area contributed by atoms with Gasteiger partial charge in [-0.05, 0) is 30.9 Å². The van der Waals surface area contributed by atoms with Gasteiger partial charge in [0.25, 0.3) is 0 Å². The van der Waals surface area contributed by atoms with Gasteiger partial charge in [-0.2, -0.15) is 0 Å². The molecule has 1 heterocycles. The van der Waals surface area contributed by atoms with Gasteiger partial charge in [-0.25, -0.2) is 4.98 Å². The molecule has 3 nitrogen and oxygen atoms in total. The lowest BCUT2D eigenvalue weighted by Gasteiger charge is -2.27. The minimum absolute atomic E-state index is 0.0905. The van der Waals surface area contributed by atoms with Crippen LogP contribution in [0.15, 0.2) is 18.3 Å². The highest BCUT2D eigenvalue weighted by atomic mass is 16.1. The summed E-state index contributed by atoms with van der Waals surface area (Å²) >= 11 is 0. The van der Waals surface area contributed by atoms with Gasteiger partial charge in [0, 0.05) is 24.8 Å². The molecular weight excluding hydrogens is 224 g/mol. The summed E-state index contributed by atoms with van der Waals surface area (Å²) in [5.41, 5.74) is 0.734. The molecule has 0 aliphatic rings. The van der Waals surface area contributed by atoms with Crippen molar-refractivity contribution in [2.75, 3.05) is 18.0 Å². The summed E-state index contributed by atoms with van der Waals surface area (Å²) in [5.74, 6) is 2.15. The molecule has 18 heavy (non-hydrogen) atoms. The van der Waals surface area contributed by atoms with Gasteiger partial charge in [0.2, 0.25) is 0 Å². The predicted molar refractivity (Wildman–Crippen MR) is 76.1 cm³/mol. The van der Waals surface area contributed by atoms with Crippen molar-refractivity contribution < 1.29 is 4.79 Å². The summed E-state index contributed by atoms with van der Waals surface area (Å²) in [6, 6.07) is 3.67. The average Bonchev–Trinajstić information content (AvgIpc) is 2.27. The van der Waals surface area contributed by atoms with Crippen LogP contribution in [0, 0.1) is 11.8 Å². The minimum Gasteiger partial charge on any atom is -0.356 e. The Morgan fingerprint density at radius 3 is 2.22 bits per heavy atom. The van der Waals surface area contributed by atoms with E-state index in [0.717, 1.165) is 24.5 Å². The lowest BCUT2D eigenvalue weighted by Crippen LogP contribution is -2.32. The Bertz CT molecular complexity index is 389. The normalized spacial score (nSPS) is 11.1. The molecule has 0 aliphatic carbocycles. The third-order valence-corrected chi connectivity index (χ3v) is 2.65. The molecule has 1 aromatic rings. The fourth-order valence-electron chi connectivity index (χ4n) is 1.95. The maximum atomic E-state index is 11.4. The van der Waals surface area contributed by atoms with Crippen molar-refractivity contribution in [2.24, 2.45) is 11.8 Å². The molecule has 0 bridgehead atoms. The van der Waals surface area contributed by atoms with Gasteiger partial charge in [-0.1, -0.05) is 27.7 Å². The molecule has 0 spiro atoms. The first-order valence-electron chi connectivity index (χ1n) is 6.62. The highest BCUT2D eigenvalue weighted by molar-refractivity contribution is 5.94. The van der Waals surface area contributed by atoms with Gasteiger partial charge in [0.1, 0.15) is 5.82 Å². The smallest absolute Gasteiger partial charge is 0.159 e. The third kappa shape index (κ3) is 4.47. The summed E-state index contributed by atoms with van der Waals surface area (Å²) in [4.78, 5) is 18.1. The van der Waals surface area contributed by atoms with Crippen LogP contribution in [0.4, 0.5) is 5.82 Å². The number of aromatic nitrogens is 1. The van der Waals surface area contributed by atoms with Crippen LogP contribution in [-0.2, 0) is 0 Å². The van der Waals surface area contributed by atoms with Crippen LogP contribution in [0.5, 0.6) is 0 Å². The first-order chi connectivity index (χ1) is 8.40. The number of hydrogen-bond donors (Lipinski definition) is 0. The van der Waals surface area contributed by atoms with Crippen molar-refractivity contribution in [1.29, 1.82) is 0 Å². The largest absolute Gasteiger partial charge is 0.356 e. The van der Waals surface area contributed by atoms with Crippen molar-refractivity contribution in [3.63, 3.8) is 0 Å². The Morgan fingerprint density at radius 1 is 1.22 bits per heavy atom. The average molecular weight is 248 g/mol. The molecule has 1 aromatic heterocycles. The quantitative estimate of drug-likeness (QED) is 0.723. The van der Waals surface area contributed by atoms with Crippen LogP contribution in [0.2, 0.25) is 0 Å². The van der Waals surface area contributed by atoms with Crippen LogP contribution >= 0.6 is 0 Å². The number of rotatable bonds is 6. The standard InChI is InChI=1S/C15H24N2O/c1-11(2)9-17(10-12(3)4)15-8-14(13(5)18)6-7-16-15/h6-8,11-12H,9-10H2,1-5H3. The molecule has 0 aromatic carbocycles. The summed E-state index contributed by atoms with van der Waals surface area (Å²) in [6.45, 7) is 12.3. The van der Waals surface area contributed by atoms with Crippen LogP contribution in [-0.4, -0.2) is 23.9 Å². The molecule has 0 saturated heterocycles. The molecule has 0 aliphatic heterocycles. The van der Waals surface area contributed by atoms with E-state index < -0.39 is 0 Å². The van der Waals surface area contributed by atoms with E-state index in [1.54, 1.807) is 19.2 Å². The third-order valence-electron chi connectivity index (χ3n) is 2.65. The zero-order valence-electron chi connectivity index (χ0n) is 12.1. The molecule has 0 N–H and O–H groups in total. The fourth-order valence-corrected chi connectivity index (χ4v) is 1.95. The number of ketones is 1. The minimum atomic E-state index is 0.0905. The van der Waals surface area contributed by atoms with Crippen LogP contribution < -0.4 is 4.90 Å². The molecule has 0 radical (unpaired) electrons. The molecule has 0 saturated carbocycles. The van der Waals surface area contributed by atoms with Crippen LogP contribution in [0.1, 0.15) is 45.0 Å². The zero-order valence-corrected chi connectivity index (χ0v) is 12.1. The number of anilines is 1. The first kappa shape index (κ1) is 14.7. The van der Waals surface area contributed by atoms with Gasteiger partial charge in [0.05, 0.1) is 0 Å². The Labute approximate surface area is 110 Å². The maximum Gasteiger partial charge on any atom is 0.159 e. The highest BCUT2D eigenvalue weighted by Crippen LogP contribution is 2.16. The Balaban J connectivity index is 2.96. The first-order valence-corrected chi connectivity index (χ1v) is 6.62. The lowest BCUT2D eigenvalue weighted by molar-refractivity contribution is 0.101. The molecule has 0 atom stereocenters. The van der Waals surface area contributed by atoms with Gasteiger partial charge in [-0.15, -0.1) is 0 Å². The van der Waals surface area contributed by atoms with Gasteiger partial charge >= 0.3 is 0 Å². The van der Waals surface area contributed by atoms with Crippen molar-refractivity contribution >= 4 is 11.6 Å². The fraction of sp³-hybridized carbons (Fsp3) is 0.600. The van der Waals surface area contributed by atoms with E-state index in [4.69, 9.17) is 0 Å². The second-order valence-corrected chi connectivity index (χ2v) is 5.65. The van der Waals surface area contributed by atoms with E-state index in [2.05, 4.69) is 37.6 Å². The van der Waals surface area contributed by atoms with Gasteiger partial charge in [-0.3, -0.25) is 4.79 Å². The van der Waals surface area contributed by atoms with Gasteiger partial charge < -0.3 is 4.90 Å². The van der Waals surface area contributed by atoms with Crippen molar-refractivity contribution in [2.45, 2.75) is 34.6 Å². The molecule has 100 valence electrons. The number of pyridine rings is 1. The second-order valence-electron chi connectivity index (χ2n) is 5.65. The van der Waals surface area contributed by atoms with E-state index in [9.17, 15) is 4.79 Å². The molecule has 3 heteroatoms. The molecular formula is C15H24N2O. The van der Waals surface area contributed by atoms with Crippen LogP contribution in [0.25, 0.3) is 0 Å². The van der Waals surface area contributed by atoms with Crippen LogP contribution in [0.3, 0.4) is 0 Å². The van der Waals surface area contributed by atoms with Crippen molar-refractivity contribution in [3.05, 3.63) is 23.9 Å². The monoisotopic (exact) mass is 248 g/mol. The highest BCUT2D eigenvalue weighted by Gasteiger charge is 2.13.